The molecular weight excluding hydrogens is 366 g/mol. The molecule has 0 aliphatic carbocycles. The zero-order chi connectivity index (χ0) is 15.8. The van der Waals surface area contributed by atoms with Gasteiger partial charge in [0.2, 0.25) is 5.56 Å². The van der Waals surface area contributed by atoms with Crippen LogP contribution in [0.3, 0.4) is 0 Å². The van der Waals surface area contributed by atoms with E-state index in [1.807, 2.05) is 6.07 Å². The molecule has 5 nitrogen and oxygen atoms in total. The fraction of sp³-hybridized carbons (Fsp3) is 0.176. The Bertz CT molecular complexity index is 961. The lowest BCUT2D eigenvalue weighted by molar-refractivity contribution is 0.607. The van der Waals surface area contributed by atoms with Crippen LogP contribution in [-0.2, 0) is 13.0 Å². The quantitative estimate of drug-likeness (QED) is 0.635. The Kier molecular flexibility index (Phi) is 6.00. The number of rotatable bonds is 2. The summed E-state index contributed by atoms with van der Waals surface area (Å²) in [5, 5.41) is 7.11. The van der Waals surface area contributed by atoms with Crippen molar-refractivity contribution in [3.8, 4) is 0 Å². The molecule has 1 aliphatic heterocycles. The molecule has 0 atom stereocenters. The monoisotopic (exact) mass is 382 g/mol. The van der Waals surface area contributed by atoms with E-state index in [-0.39, 0.29) is 36.2 Å². The predicted molar refractivity (Wildman–Crippen MR) is 102 cm³/mol. The first kappa shape index (κ1) is 19.2. The number of aromatic nitrogens is 2. The fourth-order valence-corrected chi connectivity index (χ4v) is 2.91. The van der Waals surface area contributed by atoms with Gasteiger partial charge in [-0.3, -0.25) is 4.79 Å². The minimum Gasteiger partial charge on any atom is -0.352 e. The van der Waals surface area contributed by atoms with Gasteiger partial charge in [-0.2, -0.15) is 0 Å². The van der Waals surface area contributed by atoms with Gasteiger partial charge in [-0.1, -0.05) is 0 Å². The normalized spacial score (nSPS) is 12.7. The summed E-state index contributed by atoms with van der Waals surface area (Å²) in [5.41, 5.74) is 3.56. The van der Waals surface area contributed by atoms with E-state index in [4.69, 9.17) is 0 Å². The summed E-state index contributed by atoms with van der Waals surface area (Å²) in [7, 11) is 0. The number of halogens is 3. The standard InChI is InChI=1S/C17H15FN4O.2ClH/c18-13-7-11-9-19-5-3-10(11)8-15(13)21-14-4-6-20-17-12(14)1-2-16(23)22-17;;/h1-2,4,6-8,19H,3,5,9H2,(H2,20,21,22,23);2*1H. The maximum Gasteiger partial charge on any atom is 0.249 e. The van der Waals surface area contributed by atoms with Crippen molar-refractivity contribution in [1.29, 1.82) is 0 Å². The van der Waals surface area contributed by atoms with E-state index < -0.39 is 0 Å². The Morgan fingerprint density at radius 3 is 2.76 bits per heavy atom. The molecule has 0 spiro atoms. The Morgan fingerprint density at radius 2 is 1.92 bits per heavy atom. The summed E-state index contributed by atoms with van der Waals surface area (Å²) in [5.74, 6) is -0.290. The van der Waals surface area contributed by atoms with Gasteiger partial charge in [-0.15, -0.1) is 24.8 Å². The number of H-pyrrole nitrogens is 1. The lowest BCUT2D eigenvalue weighted by atomic mass is 10.00. The summed E-state index contributed by atoms with van der Waals surface area (Å²) in [4.78, 5) is 18.2. The zero-order valence-corrected chi connectivity index (χ0v) is 14.8. The summed E-state index contributed by atoms with van der Waals surface area (Å²) in [6, 6.07) is 8.33. The van der Waals surface area contributed by atoms with E-state index in [1.165, 1.54) is 6.07 Å². The fourth-order valence-electron chi connectivity index (χ4n) is 2.91. The molecule has 3 N–H and O–H groups in total. The first-order chi connectivity index (χ1) is 11.2. The molecule has 1 aromatic carbocycles. The smallest absolute Gasteiger partial charge is 0.249 e. The highest BCUT2D eigenvalue weighted by molar-refractivity contribution is 5.90. The molecule has 2 aromatic heterocycles. The second kappa shape index (κ2) is 7.82. The molecule has 132 valence electrons. The first-order valence-corrected chi connectivity index (χ1v) is 7.48. The van der Waals surface area contributed by atoms with Gasteiger partial charge in [-0.05, 0) is 48.4 Å². The topological polar surface area (TPSA) is 69.8 Å². The Balaban J connectivity index is 0.00000113. The average molecular weight is 383 g/mol. The van der Waals surface area contributed by atoms with E-state index >= 15 is 0 Å². The number of hydrogen-bond acceptors (Lipinski definition) is 4. The SMILES string of the molecule is Cl.Cl.O=c1ccc2c(Nc3cc4c(cc3F)CNCC4)ccnc2[nH]1. The summed E-state index contributed by atoms with van der Waals surface area (Å²) in [6.45, 7) is 1.60. The molecule has 8 heteroatoms. The van der Waals surface area contributed by atoms with Crippen molar-refractivity contribution in [2.24, 2.45) is 0 Å². The molecule has 0 fully saturated rings. The van der Waals surface area contributed by atoms with Crippen LogP contribution in [0.2, 0.25) is 0 Å². The Morgan fingerprint density at radius 1 is 1.08 bits per heavy atom. The van der Waals surface area contributed by atoms with Gasteiger partial charge in [0.15, 0.2) is 0 Å². The largest absolute Gasteiger partial charge is 0.352 e. The van der Waals surface area contributed by atoms with Crippen LogP contribution in [0.25, 0.3) is 11.0 Å². The number of nitrogens with zero attached hydrogens (tertiary/aromatic N) is 1. The van der Waals surface area contributed by atoms with Gasteiger partial charge in [0.1, 0.15) is 11.5 Å². The lowest BCUT2D eigenvalue weighted by Crippen LogP contribution is -2.23. The van der Waals surface area contributed by atoms with E-state index in [0.717, 1.165) is 29.5 Å². The Labute approximate surface area is 155 Å². The van der Waals surface area contributed by atoms with Crippen molar-refractivity contribution in [1.82, 2.24) is 15.3 Å². The van der Waals surface area contributed by atoms with Crippen LogP contribution in [0.1, 0.15) is 11.1 Å². The molecule has 4 rings (SSSR count). The van der Waals surface area contributed by atoms with Crippen molar-refractivity contribution in [3.63, 3.8) is 0 Å². The van der Waals surface area contributed by atoms with Crippen molar-refractivity contribution in [2.45, 2.75) is 13.0 Å². The van der Waals surface area contributed by atoms with E-state index in [2.05, 4.69) is 20.6 Å². The molecule has 1 aliphatic rings. The van der Waals surface area contributed by atoms with Crippen molar-refractivity contribution in [2.75, 3.05) is 11.9 Å². The van der Waals surface area contributed by atoms with Crippen LogP contribution in [0.5, 0.6) is 0 Å². The number of hydrogen-bond donors (Lipinski definition) is 3. The maximum atomic E-state index is 14.4. The number of benzene rings is 1. The van der Waals surface area contributed by atoms with Crippen LogP contribution in [0.4, 0.5) is 15.8 Å². The van der Waals surface area contributed by atoms with Crippen LogP contribution >= 0.6 is 24.8 Å². The molecule has 3 heterocycles. The molecule has 0 saturated carbocycles. The summed E-state index contributed by atoms with van der Waals surface area (Å²) < 4.78 is 14.4. The van der Waals surface area contributed by atoms with E-state index in [0.29, 0.717) is 23.6 Å². The number of aromatic amines is 1. The van der Waals surface area contributed by atoms with Gasteiger partial charge in [0.25, 0.3) is 0 Å². The Hall–Kier alpha value is -2.15. The molecule has 0 bridgehead atoms. The van der Waals surface area contributed by atoms with Gasteiger partial charge < -0.3 is 15.6 Å². The molecule has 25 heavy (non-hydrogen) atoms. The van der Waals surface area contributed by atoms with Gasteiger partial charge in [0, 0.05) is 24.2 Å². The van der Waals surface area contributed by atoms with Crippen molar-refractivity contribution >= 4 is 47.2 Å². The van der Waals surface area contributed by atoms with E-state index in [1.54, 1.807) is 24.4 Å². The zero-order valence-electron chi connectivity index (χ0n) is 13.1. The third kappa shape index (κ3) is 3.76. The maximum absolute atomic E-state index is 14.4. The predicted octanol–water partition coefficient (Wildman–Crippen LogP) is 3.30. The minimum absolute atomic E-state index is 0. The van der Waals surface area contributed by atoms with Crippen LogP contribution < -0.4 is 16.2 Å². The highest BCUT2D eigenvalue weighted by atomic mass is 35.5. The lowest BCUT2D eigenvalue weighted by Gasteiger charge is -2.19. The molecule has 0 unspecified atom stereocenters. The summed E-state index contributed by atoms with van der Waals surface area (Å²) >= 11 is 0. The van der Waals surface area contributed by atoms with E-state index in [9.17, 15) is 9.18 Å². The van der Waals surface area contributed by atoms with Crippen LogP contribution in [0, 0.1) is 5.82 Å². The number of nitrogens with one attached hydrogen (secondary N) is 3. The van der Waals surface area contributed by atoms with Gasteiger partial charge >= 0.3 is 0 Å². The highest BCUT2D eigenvalue weighted by Gasteiger charge is 2.14. The highest BCUT2D eigenvalue weighted by Crippen LogP contribution is 2.28. The van der Waals surface area contributed by atoms with Crippen LogP contribution in [-0.4, -0.2) is 16.5 Å². The van der Waals surface area contributed by atoms with Gasteiger partial charge in [-0.25, -0.2) is 9.37 Å². The second-order valence-corrected chi connectivity index (χ2v) is 5.60. The molecule has 0 saturated heterocycles. The summed E-state index contributed by atoms with van der Waals surface area (Å²) in [6.07, 6.45) is 2.47. The second-order valence-electron chi connectivity index (χ2n) is 5.60. The van der Waals surface area contributed by atoms with Crippen molar-refractivity contribution in [3.05, 3.63) is 63.8 Å². The van der Waals surface area contributed by atoms with Crippen LogP contribution in [0.15, 0.2) is 41.3 Å². The molecular formula is C17H17Cl2FN4O. The molecule has 3 aromatic rings. The van der Waals surface area contributed by atoms with Gasteiger partial charge in [0.05, 0.1) is 11.4 Å². The number of fused-ring (bicyclic) bond motifs is 2. The average Bonchev–Trinajstić information content (AvgIpc) is 2.55. The molecule has 0 amide bonds. The first-order valence-electron chi connectivity index (χ1n) is 7.48. The number of anilines is 2. The minimum atomic E-state index is -0.290. The third-order valence-corrected chi connectivity index (χ3v) is 4.08. The third-order valence-electron chi connectivity index (χ3n) is 4.08. The molecule has 0 radical (unpaired) electrons. The number of pyridine rings is 2. The van der Waals surface area contributed by atoms with Crippen molar-refractivity contribution < 1.29 is 4.39 Å².